The fraction of sp³-hybridized carbons (Fsp3) is 0.500. The van der Waals surface area contributed by atoms with E-state index in [-0.39, 0.29) is 0 Å². The van der Waals surface area contributed by atoms with Crippen molar-refractivity contribution in [3.63, 3.8) is 0 Å². The Kier molecular flexibility index (Phi) is 1.81. The normalized spacial score (nSPS) is 16.8. The fourth-order valence-electron chi connectivity index (χ4n) is 1.55. The smallest absolute Gasteiger partial charge is 0.0821 e. The molecule has 1 aromatic rings. The highest BCUT2D eigenvalue weighted by molar-refractivity contribution is 5.65. The molecule has 1 aliphatic heterocycles. The zero-order valence-electron chi connectivity index (χ0n) is 6.90. The molecular formula is C8H12N4. The molecule has 4 nitrogen and oxygen atoms in total. The minimum Gasteiger partial charge on any atom is -0.396 e. The first-order valence-corrected chi connectivity index (χ1v) is 4.19. The number of aromatic nitrogens is 2. The predicted octanol–water partition coefficient (Wildman–Crippen LogP) is 0.659. The second-order valence-electron chi connectivity index (χ2n) is 3.02. The molecule has 1 fully saturated rings. The van der Waals surface area contributed by atoms with Crippen LogP contribution in [0.5, 0.6) is 0 Å². The third kappa shape index (κ3) is 1.20. The fourth-order valence-corrected chi connectivity index (χ4v) is 1.55. The standard InChI is InChI=1S/C8H12N4/c9-7-5-10-11-6-8(7)12-3-1-2-4-12/h5-6H,1-4H2,(H2,9,11). The third-order valence-electron chi connectivity index (χ3n) is 2.19. The Bertz CT molecular complexity index is 268. The van der Waals surface area contributed by atoms with Crippen molar-refractivity contribution in [3.05, 3.63) is 12.4 Å². The number of hydrogen-bond acceptors (Lipinski definition) is 4. The largest absolute Gasteiger partial charge is 0.396 e. The molecule has 2 rings (SSSR count). The summed E-state index contributed by atoms with van der Waals surface area (Å²) in [6, 6.07) is 0. The Hall–Kier alpha value is -1.32. The molecule has 0 bridgehead atoms. The van der Waals surface area contributed by atoms with E-state index in [0.717, 1.165) is 24.5 Å². The molecule has 0 aliphatic carbocycles. The summed E-state index contributed by atoms with van der Waals surface area (Å²) >= 11 is 0. The topological polar surface area (TPSA) is 55.0 Å². The molecule has 12 heavy (non-hydrogen) atoms. The monoisotopic (exact) mass is 164 g/mol. The Morgan fingerprint density at radius 3 is 2.50 bits per heavy atom. The number of rotatable bonds is 1. The van der Waals surface area contributed by atoms with Crippen LogP contribution in [0.2, 0.25) is 0 Å². The van der Waals surface area contributed by atoms with Gasteiger partial charge in [0.15, 0.2) is 0 Å². The molecule has 64 valence electrons. The van der Waals surface area contributed by atoms with E-state index in [2.05, 4.69) is 15.1 Å². The maximum absolute atomic E-state index is 5.76. The van der Waals surface area contributed by atoms with Gasteiger partial charge in [-0.3, -0.25) is 0 Å². The van der Waals surface area contributed by atoms with Crippen LogP contribution < -0.4 is 10.6 Å². The lowest BCUT2D eigenvalue weighted by molar-refractivity contribution is 0.940. The average molecular weight is 164 g/mol. The van der Waals surface area contributed by atoms with Crippen molar-refractivity contribution in [2.45, 2.75) is 12.8 Å². The maximum atomic E-state index is 5.76. The Morgan fingerprint density at radius 1 is 1.17 bits per heavy atom. The number of anilines is 2. The van der Waals surface area contributed by atoms with Crippen LogP contribution in [0.1, 0.15) is 12.8 Å². The average Bonchev–Trinajstić information content (AvgIpc) is 2.57. The van der Waals surface area contributed by atoms with Gasteiger partial charge >= 0.3 is 0 Å². The lowest BCUT2D eigenvalue weighted by Gasteiger charge is -2.17. The van der Waals surface area contributed by atoms with Crippen molar-refractivity contribution in [1.29, 1.82) is 0 Å². The van der Waals surface area contributed by atoms with Crippen LogP contribution in [0, 0.1) is 0 Å². The van der Waals surface area contributed by atoms with Crippen LogP contribution in [0.15, 0.2) is 12.4 Å². The van der Waals surface area contributed by atoms with Crippen molar-refractivity contribution < 1.29 is 0 Å². The van der Waals surface area contributed by atoms with Crippen LogP contribution in [-0.2, 0) is 0 Å². The van der Waals surface area contributed by atoms with Gasteiger partial charge in [-0.1, -0.05) is 0 Å². The van der Waals surface area contributed by atoms with Gasteiger partial charge in [0.1, 0.15) is 0 Å². The van der Waals surface area contributed by atoms with Gasteiger partial charge < -0.3 is 10.6 Å². The molecule has 0 radical (unpaired) electrons. The van der Waals surface area contributed by atoms with Gasteiger partial charge in [-0.2, -0.15) is 10.2 Å². The van der Waals surface area contributed by atoms with Crippen LogP contribution >= 0.6 is 0 Å². The summed E-state index contributed by atoms with van der Waals surface area (Å²) in [5.41, 5.74) is 7.51. The molecular weight excluding hydrogens is 152 g/mol. The number of nitrogens with zero attached hydrogens (tertiary/aromatic N) is 3. The first-order chi connectivity index (χ1) is 5.88. The number of nitrogen functional groups attached to an aromatic ring is 1. The van der Waals surface area contributed by atoms with Gasteiger partial charge in [0.25, 0.3) is 0 Å². The van der Waals surface area contributed by atoms with E-state index in [0.29, 0.717) is 0 Å². The van der Waals surface area contributed by atoms with E-state index >= 15 is 0 Å². The summed E-state index contributed by atoms with van der Waals surface area (Å²) in [5, 5.41) is 7.53. The van der Waals surface area contributed by atoms with Gasteiger partial charge in [0.2, 0.25) is 0 Å². The SMILES string of the molecule is Nc1cnncc1N1CCCC1. The summed E-state index contributed by atoms with van der Waals surface area (Å²) < 4.78 is 0. The van der Waals surface area contributed by atoms with Crippen molar-refractivity contribution in [3.8, 4) is 0 Å². The summed E-state index contributed by atoms with van der Waals surface area (Å²) in [6.07, 6.45) is 5.85. The predicted molar refractivity (Wildman–Crippen MR) is 47.9 cm³/mol. The van der Waals surface area contributed by atoms with Gasteiger partial charge in [0, 0.05) is 13.1 Å². The second-order valence-corrected chi connectivity index (χ2v) is 3.02. The van der Waals surface area contributed by atoms with Gasteiger partial charge in [-0.15, -0.1) is 0 Å². The molecule has 0 atom stereocenters. The van der Waals surface area contributed by atoms with Crippen LogP contribution in [0.4, 0.5) is 11.4 Å². The Labute approximate surface area is 71.4 Å². The van der Waals surface area contributed by atoms with E-state index in [1.54, 1.807) is 12.4 Å². The molecule has 4 heteroatoms. The molecule has 0 aromatic carbocycles. The van der Waals surface area contributed by atoms with Crippen LogP contribution in [0.3, 0.4) is 0 Å². The molecule has 0 saturated carbocycles. The highest BCUT2D eigenvalue weighted by Gasteiger charge is 2.14. The zero-order valence-corrected chi connectivity index (χ0v) is 6.90. The molecule has 2 N–H and O–H groups in total. The van der Waals surface area contributed by atoms with Crippen molar-refractivity contribution in [1.82, 2.24) is 10.2 Å². The summed E-state index contributed by atoms with van der Waals surface area (Å²) in [7, 11) is 0. The molecule has 0 unspecified atom stereocenters. The Morgan fingerprint density at radius 2 is 1.83 bits per heavy atom. The van der Waals surface area contributed by atoms with Crippen LogP contribution in [0.25, 0.3) is 0 Å². The van der Waals surface area contributed by atoms with Gasteiger partial charge in [0.05, 0.1) is 23.8 Å². The Balaban J connectivity index is 2.26. The number of nitrogens with two attached hydrogens (primary N) is 1. The lowest BCUT2D eigenvalue weighted by atomic mass is 10.3. The maximum Gasteiger partial charge on any atom is 0.0821 e. The minimum absolute atomic E-state index is 0.729. The van der Waals surface area contributed by atoms with E-state index in [1.165, 1.54) is 12.8 Å². The molecule has 1 saturated heterocycles. The van der Waals surface area contributed by atoms with Crippen molar-refractivity contribution in [2.75, 3.05) is 23.7 Å². The molecule has 2 heterocycles. The number of hydrogen-bond donors (Lipinski definition) is 1. The van der Waals surface area contributed by atoms with E-state index in [1.807, 2.05) is 0 Å². The second kappa shape index (κ2) is 2.97. The zero-order chi connectivity index (χ0) is 8.39. The van der Waals surface area contributed by atoms with Gasteiger partial charge in [-0.05, 0) is 12.8 Å². The highest BCUT2D eigenvalue weighted by Crippen LogP contribution is 2.23. The van der Waals surface area contributed by atoms with Gasteiger partial charge in [-0.25, -0.2) is 0 Å². The van der Waals surface area contributed by atoms with Crippen LogP contribution in [-0.4, -0.2) is 23.3 Å². The van der Waals surface area contributed by atoms with E-state index in [9.17, 15) is 0 Å². The quantitative estimate of drug-likeness (QED) is 0.662. The summed E-state index contributed by atoms with van der Waals surface area (Å²) in [4.78, 5) is 2.25. The summed E-state index contributed by atoms with van der Waals surface area (Å²) in [6.45, 7) is 2.19. The van der Waals surface area contributed by atoms with E-state index < -0.39 is 0 Å². The van der Waals surface area contributed by atoms with E-state index in [4.69, 9.17) is 5.73 Å². The highest BCUT2D eigenvalue weighted by atomic mass is 15.2. The first kappa shape index (κ1) is 7.34. The third-order valence-corrected chi connectivity index (χ3v) is 2.19. The molecule has 0 spiro atoms. The van der Waals surface area contributed by atoms with Crippen molar-refractivity contribution in [2.24, 2.45) is 0 Å². The lowest BCUT2D eigenvalue weighted by Crippen LogP contribution is -2.19. The molecule has 1 aliphatic rings. The molecule has 0 amide bonds. The minimum atomic E-state index is 0.729. The first-order valence-electron chi connectivity index (χ1n) is 4.19. The summed E-state index contributed by atoms with van der Waals surface area (Å²) in [5.74, 6) is 0. The van der Waals surface area contributed by atoms with Crippen molar-refractivity contribution >= 4 is 11.4 Å². The molecule has 1 aromatic heterocycles.